The molecule has 1 heterocycles. The third kappa shape index (κ3) is 1.23. The van der Waals surface area contributed by atoms with Crippen molar-refractivity contribution < 1.29 is 4.79 Å². The van der Waals surface area contributed by atoms with Gasteiger partial charge in [-0.2, -0.15) is 5.10 Å². The summed E-state index contributed by atoms with van der Waals surface area (Å²) in [6.45, 7) is 4.03. The maximum absolute atomic E-state index is 10.2. The van der Waals surface area contributed by atoms with Gasteiger partial charge in [-0.1, -0.05) is 0 Å². The van der Waals surface area contributed by atoms with E-state index in [0.29, 0.717) is 11.7 Å². The van der Waals surface area contributed by atoms with Gasteiger partial charge in [0.2, 0.25) is 0 Å². The van der Waals surface area contributed by atoms with E-state index in [2.05, 4.69) is 5.10 Å². The van der Waals surface area contributed by atoms with E-state index in [9.17, 15) is 4.79 Å². The van der Waals surface area contributed by atoms with Crippen LogP contribution in [-0.4, -0.2) is 16.1 Å². The van der Waals surface area contributed by atoms with E-state index < -0.39 is 0 Å². The molecule has 0 bridgehead atoms. The molecule has 0 aliphatic heterocycles. The van der Waals surface area contributed by atoms with Crippen LogP contribution in [0.25, 0.3) is 0 Å². The van der Waals surface area contributed by atoms with Crippen LogP contribution in [0.2, 0.25) is 0 Å². The largest absolute Gasteiger partial charge is 0.296 e. The van der Waals surface area contributed by atoms with Crippen LogP contribution in [0.5, 0.6) is 0 Å². The number of carbonyl (C=O) groups is 1. The van der Waals surface area contributed by atoms with Crippen LogP contribution in [0.15, 0.2) is 12.3 Å². The Morgan fingerprint density at radius 3 is 2.70 bits per heavy atom. The molecule has 0 atom stereocenters. The zero-order valence-corrected chi connectivity index (χ0v) is 6.11. The zero-order chi connectivity index (χ0) is 7.56. The maximum Gasteiger partial charge on any atom is 0.170 e. The summed E-state index contributed by atoms with van der Waals surface area (Å²) in [7, 11) is 0. The molecule has 0 saturated carbocycles. The summed E-state index contributed by atoms with van der Waals surface area (Å²) in [4.78, 5) is 10.2. The number of carbonyl (C=O) groups excluding carboxylic acids is 1. The zero-order valence-electron chi connectivity index (χ0n) is 6.11. The van der Waals surface area contributed by atoms with Crippen LogP contribution in [0.1, 0.15) is 30.4 Å². The highest BCUT2D eigenvalue weighted by atomic mass is 16.1. The van der Waals surface area contributed by atoms with E-state index in [1.54, 1.807) is 16.9 Å². The van der Waals surface area contributed by atoms with Crippen molar-refractivity contribution in [2.75, 3.05) is 0 Å². The molecule has 1 aromatic heterocycles. The lowest BCUT2D eigenvalue weighted by Gasteiger charge is -2.02. The third-order valence-electron chi connectivity index (χ3n) is 1.28. The Bertz CT molecular complexity index is 227. The molecule has 0 unspecified atom stereocenters. The Kier molecular flexibility index (Phi) is 1.85. The smallest absolute Gasteiger partial charge is 0.170 e. The predicted molar refractivity (Wildman–Crippen MR) is 38.0 cm³/mol. The van der Waals surface area contributed by atoms with Crippen molar-refractivity contribution >= 4 is 6.29 Å². The minimum atomic E-state index is 0.327. The van der Waals surface area contributed by atoms with Crippen LogP contribution in [0.3, 0.4) is 0 Å². The molecule has 3 heteroatoms. The fourth-order valence-corrected chi connectivity index (χ4v) is 0.703. The fourth-order valence-electron chi connectivity index (χ4n) is 0.703. The third-order valence-corrected chi connectivity index (χ3v) is 1.28. The number of aldehydes is 1. The van der Waals surface area contributed by atoms with Crippen molar-refractivity contribution in [3.05, 3.63) is 18.0 Å². The Labute approximate surface area is 59.7 Å². The van der Waals surface area contributed by atoms with Crippen LogP contribution >= 0.6 is 0 Å². The molecule has 0 fully saturated rings. The lowest BCUT2D eigenvalue weighted by molar-refractivity contribution is 0.111. The van der Waals surface area contributed by atoms with Crippen molar-refractivity contribution in [1.82, 2.24) is 9.78 Å². The van der Waals surface area contributed by atoms with E-state index in [4.69, 9.17) is 0 Å². The molecule has 0 amide bonds. The van der Waals surface area contributed by atoms with Crippen LogP contribution in [0, 0.1) is 0 Å². The second kappa shape index (κ2) is 2.64. The standard InChI is InChI=1S/C7H10N2O/c1-6(2)9-4-3-7(5-10)8-9/h3-6H,1-2H3. The molecule has 0 radical (unpaired) electrons. The van der Waals surface area contributed by atoms with Crippen molar-refractivity contribution in [2.24, 2.45) is 0 Å². The first-order valence-corrected chi connectivity index (χ1v) is 3.24. The average molecular weight is 138 g/mol. The van der Waals surface area contributed by atoms with Crippen LogP contribution in [0.4, 0.5) is 0 Å². The van der Waals surface area contributed by atoms with Crippen molar-refractivity contribution in [3.8, 4) is 0 Å². The quantitative estimate of drug-likeness (QED) is 0.577. The minimum absolute atomic E-state index is 0.327. The van der Waals surface area contributed by atoms with Crippen LogP contribution in [-0.2, 0) is 0 Å². The van der Waals surface area contributed by atoms with Gasteiger partial charge in [0.1, 0.15) is 5.69 Å². The monoisotopic (exact) mass is 138 g/mol. The first-order valence-electron chi connectivity index (χ1n) is 3.24. The van der Waals surface area contributed by atoms with E-state index in [0.717, 1.165) is 6.29 Å². The fraction of sp³-hybridized carbons (Fsp3) is 0.429. The van der Waals surface area contributed by atoms with Gasteiger partial charge in [0.15, 0.2) is 6.29 Å². The summed E-state index contributed by atoms with van der Waals surface area (Å²) in [5, 5.41) is 3.98. The molecule has 0 saturated heterocycles. The summed E-state index contributed by atoms with van der Waals surface area (Å²) >= 11 is 0. The second-order valence-electron chi connectivity index (χ2n) is 2.43. The summed E-state index contributed by atoms with van der Waals surface area (Å²) in [5.41, 5.74) is 0.494. The van der Waals surface area contributed by atoms with Crippen molar-refractivity contribution in [1.29, 1.82) is 0 Å². The lowest BCUT2D eigenvalue weighted by Crippen LogP contribution is -2.01. The SMILES string of the molecule is CC(C)n1ccc(C=O)n1. The number of hydrogen-bond acceptors (Lipinski definition) is 2. The Balaban J connectivity index is 2.88. The highest BCUT2D eigenvalue weighted by Gasteiger charge is 1.98. The van der Waals surface area contributed by atoms with E-state index in [-0.39, 0.29) is 0 Å². The van der Waals surface area contributed by atoms with E-state index >= 15 is 0 Å². The van der Waals surface area contributed by atoms with Gasteiger partial charge in [-0.15, -0.1) is 0 Å². The molecule has 0 aromatic carbocycles. The topological polar surface area (TPSA) is 34.9 Å². The molecule has 0 aliphatic rings. The van der Waals surface area contributed by atoms with Gasteiger partial charge in [0, 0.05) is 12.2 Å². The molecule has 3 nitrogen and oxygen atoms in total. The summed E-state index contributed by atoms with van der Waals surface area (Å²) in [6.07, 6.45) is 2.55. The van der Waals surface area contributed by atoms with Crippen LogP contribution < -0.4 is 0 Å². The van der Waals surface area contributed by atoms with Crippen molar-refractivity contribution in [2.45, 2.75) is 19.9 Å². The molecule has 0 aliphatic carbocycles. The van der Waals surface area contributed by atoms with Gasteiger partial charge in [-0.05, 0) is 19.9 Å². The highest BCUT2D eigenvalue weighted by Crippen LogP contribution is 2.01. The van der Waals surface area contributed by atoms with Gasteiger partial charge in [-0.25, -0.2) is 0 Å². The Morgan fingerprint density at radius 1 is 1.70 bits per heavy atom. The molecule has 0 spiro atoms. The first kappa shape index (κ1) is 6.99. The number of nitrogens with zero attached hydrogens (tertiary/aromatic N) is 2. The molecular formula is C7H10N2O. The van der Waals surface area contributed by atoms with Crippen molar-refractivity contribution in [3.63, 3.8) is 0 Å². The molecule has 0 N–H and O–H groups in total. The molecule has 10 heavy (non-hydrogen) atoms. The lowest BCUT2D eigenvalue weighted by atomic mass is 10.4. The summed E-state index contributed by atoms with van der Waals surface area (Å²) < 4.78 is 1.75. The summed E-state index contributed by atoms with van der Waals surface area (Å²) in [6, 6.07) is 2.03. The van der Waals surface area contributed by atoms with Gasteiger partial charge in [-0.3, -0.25) is 9.48 Å². The second-order valence-corrected chi connectivity index (χ2v) is 2.43. The highest BCUT2D eigenvalue weighted by molar-refractivity contribution is 5.71. The number of hydrogen-bond donors (Lipinski definition) is 0. The summed E-state index contributed by atoms with van der Waals surface area (Å²) in [5.74, 6) is 0. The minimum Gasteiger partial charge on any atom is -0.296 e. The normalized spacial score (nSPS) is 10.3. The van der Waals surface area contributed by atoms with Gasteiger partial charge < -0.3 is 0 Å². The number of rotatable bonds is 2. The van der Waals surface area contributed by atoms with Gasteiger partial charge in [0.25, 0.3) is 0 Å². The van der Waals surface area contributed by atoms with E-state index in [1.165, 1.54) is 0 Å². The predicted octanol–water partition coefficient (Wildman–Crippen LogP) is 1.28. The van der Waals surface area contributed by atoms with E-state index in [1.807, 2.05) is 13.8 Å². The molecular weight excluding hydrogens is 128 g/mol. The maximum atomic E-state index is 10.2. The molecule has 1 aromatic rings. The molecule has 54 valence electrons. The number of aromatic nitrogens is 2. The first-order chi connectivity index (χ1) is 4.74. The Hall–Kier alpha value is -1.12. The average Bonchev–Trinajstić information content (AvgIpc) is 2.34. The molecule has 1 rings (SSSR count). The van der Waals surface area contributed by atoms with Gasteiger partial charge >= 0.3 is 0 Å². The Morgan fingerprint density at radius 2 is 2.40 bits per heavy atom. The van der Waals surface area contributed by atoms with Gasteiger partial charge in [0.05, 0.1) is 0 Å².